The van der Waals surface area contributed by atoms with Gasteiger partial charge >= 0.3 is 0 Å². The summed E-state index contributed by atoms with van der Waals surface area (Å²) in [4.78, 5) is 16.5. The van der Waals surface area contributed by atoms with Gasteiger partial charge in [0.15, 0.2) is 0 Å². The van der Waals surface area contributed by atoms with Crippen LogP contribution in [0.1, 0.15) is 39.0 Å². The molecule has 2 fully saturated rings. The lowest BCUT2D eigenvalue weighted by molar-refractivity contribution is -0.133. The average Bonchev–Trinajstić information content (AvgIpc) is 3.12. The van der Waals surface area contributed by atoms with Crippen LogP contribution in [0.5, 0.6) is 0 Å². The first-order chi connectivity index (χ1) is 8.16. The first kappa shape index (κ1) is 12.8. The van der Waals surface area contributed by atoms with Gasteiger partial charge in [0.05, 0.1) is 0 Å². The summed E-state index contributed by atoms with van der Waals surface area (Å²) in [7, 11) is 0. The van der Waals surface area contributed by atoms with Gasteiger partial charge in [0.25, 0.3) is 0 Å². The van der Waals surface area contributed by atoms with E-state index in [1.54, 1.807) is 0 Å². The fourth-order valence-electron chi connectivity index (χ4n) is 2.51. The topological polar surface area (TPSA) is 49.6 Å². The molecule has 0 aromatic heterocycles. The Bertz CT molecular complexity index is 255. The van der Waals surface area contributed by atoms with Gasteiger partial charge in [-0.25, -0.2) is 0 Å². The molecule has 1 aliphatic carbocycles. The molecule has 0 bridgehead atoms. The van der Waals surface area contributed by atoms with Gasteiger partial charge < -0.3 is 10.6 Å². The van der Waals surface area contributed by atoms with Gasteiger partial charge in [-0.3, -0.25) is 9.69 Å². The summed E-state index contributed by atoms with van der Waals surface area (Å²) in [5.74, 6) is 0.320. The van der Waals surface area contributed by atoms with Crippen molar-refractivity contribution in [3.63, 3.8) is 0 Å². The van der Waals surface area contributed by atoms with Crippen molar-refractivity contribution in [1.29, 1.82) is 0 Å². The molecule has 17 heavy (non-hydrogen) atoms. The van der Waals surface area contributed by atoms with Crippen LogP contribution in [0.25, 0.3) is 0 Å². The number of hydrogen-bond donors (Lipinski definition) is 1. The molecule has 0 aromatic carbocycles. The molecule has 0 spiro atoms. The molecule has 1 amide bonds. The zero-order chi connectivity index (χ0) is 12.3. The molecule has 4 nitrogen and oxygen atoms in total. The largest absolute Gasteiger partial charge is 0.340 e. The number of carbonyl (C=O) groups excluding carboxylic acids is 1. The Morgan fingerprint density at radius 2 is 1.94 bits per heavy atom. The van der Waals surface area contributed by atoms with Crippen LogP contribution in [0.15, 0.2) is 0 Å². The maximum absolute atomic E-state index is 11.9. The minimum absolute atomic E-state index is 0.217. The van der Waals surface area contributed by atoms with Gasteiger partial charge in [-0.1, -0.05) is 0 Å². The van der Waals surface area contributed by atoms with Crippen molar-refractivity contribution in [2.75, 3.05) is 26.2 Å². The standard InChI is InChI=1S/C13H25N3O/c1-11(14)3-2-4-13(17)16-9-7-15(8-10-16)12-5-6-12/h11-12H,2-10,14H2,1H3. The Kier molecular flexibility index (Phi) is 4.40. The Balaban J connectivity index is 1.63. The normalized spacial score (nSPS) is 23.8. The van der Waals surface area contributed by atoms with Crippen LogP contribution in [-0.2, 0) is 4.79 Å². The summed E-state index contributed by atoms with van der Waals surface area (Å²) in [6.07, 6.45) is 5.28. The monoisotopic (exact) mass is 239 g/mol. The van der Waals surface area contributed by atoms with E-state index < -0.39 is 0 Å². The van der Waals surface area contributed by atoms with Crippen LogP contribution in [0.2, 0.25) is 0 Å². The highest BCUT2D eigenvalue weighted by Gasteiger charge is 2.31. The number of carbonyl (C=O) groups is 1. The zero-order valence-electron chi connectivity index (χ0n) is 10.9. The van der Waals surface area contributed by atoms with E-state index in [1.807, 2.05) is 11.8 Å². The molecule has 1 unspecified atom stereocenters. The minimum Gasteiger partial charge on any atom is -0.340 e. The third kappa shape index (κ3) is 3.96. The highest BCUT2D eigenvalue weighted by atomic mass is 16.2. The average molecular weight is 239 g/mol. The second kappa shape index (κ2) is 5.83. The van der Waals surface area contributed by atoms with Crippen LogP contribution in [-0.4, -0.2) is 54.0 Å². The molecule has 1 heterocycles. The van der Waals surface area contributed by atoms with Gasteiger partial charge in [-0.2, -0.15) is 0 Å². The van der Waals surface area contributed by atoms with Crippen LogP contribution >= 0.6 is 0 Å². The Morgan fingerprint density at radius 1 is 1.29 bits per heavy atom. The van der Waals surface area contributed by atoms with Gasteiger partial charge in [0.1, 0.15) is 0 Å². The Hall–Kier alpha value is -0.610. The Morgan fingerprint density at radius 3 is 2.47 bits per heavy atom. The summed E-state index contributed by atoms with van der Waals surface area (Å²) in [5, 5.41) is 0. The molecule has 2 rings (SSSR count). The summed E-state index contributed by atoms with van der Waals surface area (Å²) in [6.45, 7) is 5.99. The zero-order valence-corrected chi connectivity index (χ0v) is 10.9. The van der Waals surface area contributed by atoms with Crippen molar-refractivity contribution >= 4 is 5.91 Å². The van der Waals surface area contributed by atoms with Crippen molar-refractivity contribution in [1.82, 2.24) is 9.80 Å². The number of piperazine rings is 1. The maximum atomic E-state index is 11.9. The van der Waals surface area contributed by atoms with Crippen molar-refractivity contribution in [2.24, 2.45) is 5.73 Å². The number of nitrogens with zero attached hydrogens (tertiary/aromatic N) is 2. The van der Waals surface area contributed by atoms with E-state index in [1.165, 1.54) is 12.8 Å². The molecule has 4 heteroatoms. The third-order valence-electron chi connectivity index (χ3n) is 3.78. The van der Waals surface area contributed by atoms with E-state index in [-0.39, 0.29) is 6.04 Å². The minimum atomic E-state index is 0.217. The quantitative estimate of drug-likeness (QED) is 0.772. The molecule has 2 aliphatic rings. The molecule has 1 atom stereocenters. The van der Waals surface area contributed by atoms with E-state index in [4.69, 9.17) is 5.73 Å². The highest BCUT2D eigenvalue weighted by Crippen LogP contribution is 2.27. The summed E-state index contributed by atoms with van der Waals surface area (Å²) >= 11 is 0. The van der Waals surface area contributed by atoms with E-state index >= 15 is 0 Å². The molecule has 1 saturated heterocycles. The van der Waals surface area contributed by atoms with Crippen LogP contribution in [0.3, 0.4) is 0 Å². The van der Waals surface area contributed by atoms with E-state index in [9.17, 15) is 4.79 Å². The molecule has 2 N–H and O–H groups in total. The first-order valence-corrected chi connectivity index (χ1v) is 6.94. The van der Waals surface area contributed by atoms with Gasteiger partial charge in [-0.05, 0) is 32.6 Å². The number of hydrogen-bond acceptors (Lipinski definition) is 3. The van der Waals surface area contributed by atoms with Crippen molar-refractivity contribution in [2.45, 2.75) is 51.1 Å². The van der Waals surface area contributed by atoms with Crippen LogP contribution < -0.4 is 5.73 Å². The van der Waals surface area contributed by atoms with Crippen molar-refractivity contribution < 1.29 is 4.79 Å². The number of nitrogens with two attached hydrogens (primary N) is 1. The predicted molar refractivity (Wildman–Crippen MR) is 68.7 cm³/mol. The number of amides is 1. The lowest BCUT2D eigenvalue weighted by atomic mass is 10.1. The molecular weight excluding hydrogens is 214 g/mol. The van der Waals surface area contributed by atoms with Gasteiger partial charge in [0, 0.05) is 44.7 Å². The highest BCUT2D eigenvalue weighted by molar-refractivity contribution is 5.76. The summed E-state index contributed by atoms with van der Waals surface area (Å²) in [5.41, 5.74) is 5.68. The van der Waals surface area contributed by atoms with E-state index in [2.05, 4.69) is 4.90 Å². The maximum Gasteiger partial charge on any atom is 0.222 e. The lowest BCUT2D eigenvalue weighted by Crippen LogP contribution is -2.49. The molecule has 1 saturated carbocycles. The van der Waals surface area contributed by atoms with Gasteiger partial charge in [-0.15, -0.1) is 0 Å². The fraction of sp³-hybridized carbons (Fsp3) is 0.923. The van der Waals surface area contributed by atoms with Crippen molar-refractivity contribution in [3.8, 4) is 0 Å². The Labute approximate surface area is 104 Å². The van der Waals surface area contributed by atoms with Crippen LogP contribution in [0.4, 0.5) is 0 Å². The predicted octanol–water partition coefficient (Wildman–Crippen LogP) is 0.811. The molecule has 1 aliphatic heterocycles. The molecule has 98 valence electrons. The second-order valence-corrected chi connectivity index (χ2v) is 5.52. The smallest absolute Gasteiger partial charge is 0.222 e. The first-order valence-electron chi connectivity index (χ1n) is 6.94. The molecule has 0 aromatic rings. The summed E-state index contributed by atoms with van der Waals surface area (Å²) in [6, 6.07) is 1.06. The summed E-state index contributed by atoms with van der Waals surface area (Å²) < 4.78 is 0. The fourth-order valence-corrected chi connectivity index (χ4v) is 2.51. The van der Waals surface area contributed by atoms with E-state index in [0.29, 0.717) is 12.3 Å². The van der Waals surface area contributed by atoms with Crippen molar-refractivity contribution in [3.05, 3.63) is 0 Å². The molecule has 0 radical (unpaired) electrons. The SMILES string of the molecule is CC(N)CCCC(=O)N1CCN(C2CC2)CC1. The third-order valence-corrected chi connectivity index (χ3v) is 3.78. The lowest BCUT2D eigenvalue weighted by Gasteiger charge is -2.35. The van der Waals surface area contributed by atoms with E-state index in [0.717, 1.165) is 45.1 Å². The second-order valence-electron chi connectivity index (χ2n) is 5.52. The van der Waals surface area contributed by atoms with Crippen LogP contribution in [0, 0.1) is 0 Å². The molecular formula is C13H25N3O. The number of rotatable bonds is 5. The van der Waals surface area contributed by atoms with Gasteiger partial charge in [0.2, 0.25) is 5.91 Å².